The van der Waals surface area contributed by atoms with E-state index < -0.39 is 0 Å². The molecule has 0 saturated heterocycles. The molecule has 0 radical (unpaired) electrons. The zero-order valence-electron chi connectivity index (χ0n) is 22.4. The summed E-state index contributed by atoms with van der Waals surface area (Å²) in [5, 5.41) is 1.09. The van der Waals surface area contributed by atoms with E-state index >= 15 is 0 Å². The van der Waals surface area contributed by atoms with E-state index in [0.717, 1.165) is 35.7 Å². The third-order valence-corrected chi connectivity index (χ3v) is 8.83. The van der Waals surface area contributed by atoms with Gasteiger partial charge in [0, 0.05) is 21.8 Å². The Kier molecular flexibility index (Phi) is 9.34. The first-order chi connectivity index (χ1) is 15.4. The minimum Gasteiger partial charge on any atom is -0.496 e. The second kappa shape index (κ2) is 11.2. The molecule has 0 bridgehead atoms. The first kappa shape index (κ1) is 27.6. The zero-order valence-corrected chi connectivity index (χ0v) is 23.4. The number of carbonyl (C=O) groups is 1. The van der Waals surface area contributed by atoms with Gasteiger partial charge in [0.25, 0.3) is 0 Å². The molecule has 0 heterocycles. The molecule has 0 N–H and O–H groups in total. The van der Waals surface area contributed by atoms with Crippen LogP contribution < -0.4 is 10.0 Å². The molecular weight excluding hydrogens is 423 g/mol. The van der Waals surface area contributed by atoms with Crippen LogP contribution in [0.25, 0.3) is 0 Å². The van der Waals surface area contributed by atoms with Crippen LogP contribution in [-0.4, -0.2) is 13.4 Å². The van der Waals surface area contributed by atoms with Crippen molar-refractivity contribution in [2.24, 2.45) is 0 Å². The Morgan fingerprint density at radius 1 is 0.909 bits per heavy atom. The van der Waals surface area contributed by atoms with Gasteiger partial charge in [-0.25, -0.2) is 0 Å². The average molecular weight is 469 g/mol. The van der Waals surface area contributed by atoms with Gasteiger partial charge >= 0.3 is 0 Å². The van der Waals surface area contributed by atoms with Crippen LogP contribution in [0.5, 0.6) is 5.75 Å². The van der Waals surface area contributed by atoms with Crippen LogP contribution in [0.2, 0.25) is 0 Å². The predicted octanol–water partition coefficient (Wildman–Crippen LogP) is 8.29. The summed E-state index contributed by atoms with van der Waals surface area (Å²) in [6, 6.07) is 12.9. The minimum atomic E-state index is -0.0686. The number of ether oxygens (including phenoxy) is 1. The number of rotatable bonds is 10. The van der Waals surface area contributed by atoms with Gasteiger partial charge in [-0.1, -0.05) is 120 Å². The van der Waals surface area contributed by atoms with E-state index in [1.807, 2.05) is 19.2 Å². The monoisotopic (exact) mass is 468 g/mol. The number of aldehydes is 1. The molecule has 2 unspecified atom stereocenters. The van der Waals surface area contributed by atoms with Crippen LogP contribution in [0, 0.1) is 0 Å². The Hall–Kier alpha value is -1.66. The highest BCUT2D eigenvalue weighted by atomic mass is 31.1. The maximum atomic E-state index is 11.9. The lowest BCUT2D eigenvalue weighted by molar-refractivity contribution is 0.112. The van der Waals surface area contributed by atoms with Crippen molar-refractivity contribution < 1.29 is 9.53 Å². The number of unbranched alkanes of at least 4 members (excludes halogenated alkanes) is 2. The zero-order chi connectivity index (χ0) is 24.9. The van der Waals surface area contributed by atoms with Gasteiger partial charge in [-0.2, -0.15) is 0 Å². The van der Waals surface area contributed by atoms with E-state index in [0.29, 0.717) is 8.58 Å². The fraction of sp³-hybridized carbons (Fsp3) is 0.567. The van der Waals surface area contributed by atoms with Gasteiger partial charge in [0.2, 0.25) is 0 Å². The summed E-state index contributed by atoms with van der Waals surface area (Å²) in [6.07, 6.45) is 6.70. The van der Waals surface area contributed by atoms with Crippen LogP contribution in [0.15, 0.2) is 36.4 Å². The molecule has 0 fully saturated rings. The molecule has 2 aromatic rings. The Labute approximate surface area is 204 Å². The van der Waals surface area contributed by atoms with Crippen molar-refractivity contribution in [1.82, 2.24) is 0 Å². The summed E-state index contributed by atoms with van der Waals surface area (Å²) in [5.74, 6) is 1.03. The maximum Gasteiger partial charge on any atom is 0.150 e. The normalized spacial score (nSPS) is 14.5. The van der Waals surface area contributed by atoms with Crippen LogP contribution in [0.3, 0.4) is 0 Å². The largest absolute Gasteiger partial charge is 0.496 e. The van der Waals surface area contributed by atoms with Gasteiger partial charge in [-0.05, 0) is 34.5 Å². The van der Waals surface area contributed by atoms with Crippen molar-refractivity contribution in [3.8, 4) is 5.75 Å². The second-order valence-corrected chi connectivity index (χ2v) is 13.1. The van der Waals surface area contributed by atoms with Crippen LogP contribution in [-0.2, 0) is 16.0 Å². The van der Waals surface area contributed by atoms with E-state index in [2.05, 4.69) is 79.7 Å². The highest BCUT2D eigenvalue weighted by molar-refractivity contribution is 7.48. The summed E-state index contributed by atoms with van der Waals surface area (Å²) >= 11 is 0. The third-order valence-electron chi connectivity index (χ3n) is 6.76. The SMILES string of the molecule is CCCCCC(CC)(Pc1ccccc1C=O)c1cc(C(C)(C)C)cc(C(C)(C)C)c1OC. The van der Waals surface area contributed by atoms with E-state index in [9.17, 15) is 4.79 Å². The van der Waals surface area contributed by atoms with Gasteiger partial charge in [-0.15, -0.1) is 0 Å². The molecule has 2 aromatic carbocycles. The molecule has 182 valence electrons. The lowest BCUT2D eigenvalue weighted by Gasteiger charge is -2.39. The summed E-state index contributed by atoms with van der Waals surface area (Å²) in [6.45, 7) is 18.3. The van der Waals surface area contributed by atoms with E-state index in [-0.39, 0.29) is 16.0 Å². The smallest absolute Gasteiger partial charge is 0.150 e. The van der Waals surface area contributed by atoms with Crippen molar-refractivity contribution in [3.05, 3.63) is 58.7 Å². The fourth-order valence-electron chi connectivity index (χ4n) is 4.56. The number of benzene rings is 2. The van der Waals surface area contributed by atoms with Crippen LogP contribution in [0.1, 0.15) is 115 Å². The van der Waals surface area contributed by atoms with Crippen LogP contribution in [0.4, 0.5) is 0 Å². The highest BCUT2D eigenvalue weighted by Crippen LogP contribution is 2.54. The first-order valence-electron chi connectivity index (χ1n) is 12.5. The Morgan fingerprint density at radius 3 is 2.06 bits per heavy atom. The highest BCUT2D eigenvalue weighted by Gasteiger charge is 2.37. The van der Waals surface area contributed by atoms with Crippen molar-refractivity contribution in [2.45, 2.75) is 103 Å². The van der Waals surface area contributed by atoms with E-state index in [4.69, 9.17) is 4.74 Å². The van der Waals surface area contributed by atoms with Crippen molar-refractivity contribution in [2.75, 3.05) is 7.11 Å². The number of carbonyl (C=O) groups excluding carboxylic acids is 1. The molecule has 0 saturated carbocycles. The summed E-state index contributed by atoms with van der Waals surface area (Å²) in [5.41, 5.74) is 4.76. The Balaban J connectivity index is 2.87. The molecule has 0 spiro atoms. The fourth-order valence-corrected chi connectivity index (χ4v) is 6.34. The van der Waals surface area contributed by atoms with Gasteiger partial charge in [0.1, 0.15) is 5.75 Å². The minimum absolute atomic E-state index is 0.0337. The number of methoxy groups -OCH3 is 1. The molecule has 2 atom stereocenters. The van der Waals surface area contributed by atoms with E-state index in [1.165, 1.54) is 36.0 Å². The summed E-state index contributed by atoms with van der Waals surface area (Å²) in [7, 11) is 2.33. The Morgan fingerprint density at radius 2 is 1.55 bits per heavy atom. The first-order valence-corrected chi connectivity index (χ1v) is 13.5. The molecule has 0 amide bonds. The van der Waals surface area contributed by atoms with Gasteiger partial charge in [0.05, 0.1) is 7.11 Å². The van der Waals surface area contributed by atoms with Crippen LogP contribution >= 0.6 is 8.58 Å². The van der Waals surface area contributed by atoms with Gasteiger partial charge in [-0.3, -0.25) is 4.79 Å². The quantitative estimate of drug-likeness (QED) is 0.199. The van der Waals surface area contributed by atoms with E-state index in [1.54, 1.807) is 0 Å². The maximum absolute atomic E-state index is 11.9. The molecule has 0 aliphatic carbocycles. The van der Waals surface area contributed by atoms with Gasteiger partial charge in [0.15, 0.2) is 6.29 Å². The lowest BCUT2D eigenvalue weighted by atomic mass is 9.76. The molecular formula is C30H45O2P. The standard InChI is InChI=1S/C30H45O2P/c1-10-12-15-18-30(11-2,33-26-17-14-13-16-22(26)21-31)25-20-23(28(3,4)5)19-24(27(25)32-9)29(6,7)8/h13-14,16-17,19-21,33H,10-12,15,18H2,1-9H3. The predicted molar refractivity (Wildman–Crippen MR) is 146 cm³/mol. The number of hydrogen-bond acceptors (Lipinski definition) is 2. The van der Waals surface area contributed by atoms with Crippen molar-refractivity contribution in [3.63, 3.8) is 0 Å². The van der Waals surface area contributed by atoms with Crippen molar-refractivity contribution in [1.29, 1.82) is 0 Å². The molecule has 3 heteroatoms. The Bertz CT molecular complexity index is 933. The summed E-state index contributed by atoms with van der Waals surface area (Å²) in [4.78, 5) is 11.9. The lowest BCUT2D eigenvalue weighted by Crippen LogP contribution is -2.28. The average Bonchev–Trinajstić information content (AvgIpc) is 2.76. The molecule has 0 aromatic heterocycles. The second-order valence-electron chi connectivity index (χ2n) is 11.3. The molecule has 0 aliphatic rings. The van der Waals surface area contributed by atoms with Gasteiger partial charge < -0.3 is 4.74 Å². The molecule has 2 rings (SSSR count). The third kappa shape index (κ3) is 6.48. The topological polar surface area (TPSA) is 26.3 Å². The molecule has 33 heavy (non-hydrogen) atoms. The summed E-state index contributed by atoms with van der Waals surface area (Å²) < 4.78 is 6.21. The molecule has 0 aliphatic heterocycles. The number of hydrogen-bond donors (Lipinski definition) is 0. The molecule has 2 nitrogen and oxygen atoms in total. The van der Waals surface area contributed by atoms with Crippen molar-refractivity contribution >= 4 is 20.2 Å².